The SMILES string of the molecule is O=C(NCc1ccccc1)C1CC1C(=O)N1CCC(Cc2ccccc2)CC1. The smallest absolute Gasteiger partial charge is 0.226 e. The van der Waals surface area contributed by atoms with Gasteiger partial charge in [0.25, 0.3) is 0 Å². The van der Waals surface area contributed by atoms with Crippen LogP contribution in [0, 0.1) is 17.8 Å². The number of carbonyl (C=O) groups excluding carboxylic acids is 2. The Labute approximate surface area is 166 Å². The second-order valence-electron chi connectivity index (χ2n) is 8.11. The lowest BCUT2D eigenvalue weighted by molar-refractivity contribution is -0.136. The Kier molecular flexibility index (Phi) is 5.75. The van der Waals surface area contributed by atoms with Gasteiger partial charge in [0.1, 0.15) is 0 Å². The largest absolute Gasteiger partial charge is 0.352 e. The predicted molar refractivity (Wildman–Crippen MR) is 109 cm³/mol. The molecule has 1 heterocycles. The number of benzene rings is 2. The first-order chi connectivity index (χ1) is 13.7. The van der Waals surface area contributed by atoms with Crippen molar-refractivity contribution in [2.45, 2.75) is 32.2 Å². The Balaban J connectivity index is 1.20. The Bertz CT molecular complexity index is 798. The Morgan fingerprint density at radius 2 is 1.46 bits per heavy atom. The second kappa shape index (κ2) is 8.59. The van der Waals surface area contributed by atoms with Gasteiger partial charge in [-0.1, -0.05) is 60.7 Å². The quantitative estimate of drug-likeness (QED) is 0.840. The number of carbonyl (C=O) groups is 2. The van der Waals surface area contributed by atoms with Crippen LogP contribution >= 0.6 is 0 Å². The fourth-order valence-corrected chi connectivity index (χ4v) is 4.21. The number of nitrogens with zero attached hydrogens (tertiary/aromatic N) is 1. The van der Waals surface area contributed by atoms with Gasteiger partial charge in [-0.25, -0.2) is 0 Å². The van der Waals surface area contributed by atoms with E-state index >= 15 is 0 Å². The molecule has 2 aliphatic rings. The molecule has 0 bridgehead atoms. The number of amides is 2. The third-order valence-electron chi connectivity index (χ3n) is 6.05. The van der Waals surface area contributed by atoms with Crippen molar-refractivity contribution < 1.29 is 9.59 Å². The van der Waals surface area contributed by atoms with Crippen molar-refractivity contribution in [3.05, 3.63) is 71.8 Å². The number of hydrogen-bond acceptors (Lipinski definition) is 2. The van der Waals surface area contributed by atoms with Gasteiger partial charge in [0.2, 0.25) is 11.8 Å². The van der Waals surface area contributed by atoms with E-state index in [1.807, 2.05) is 41.3 Å². The summed E-state index contributed by atoms with van der Waals surface area (Å²) in [5.74, 6) is 0.592. The van der Waals surface area contributed by atoms with Crippen LogP contribution in [0.25, 0.3) is 0 Å². The molecule has 0 spiro atoms. The van der Waals surface area contributed by atoms with Gasteiger partial charge in [-0.2, -0.15) is 0 Å². The Morgan fingerprint density at radius 1 is 0.857 bits per heavy atom. The van der Waals surface area contributed by atoms with Crippen LogP contribution in [-0.2, 0) is 22.6 Å². The van der Waals surface area contributed by atoms with Crippen LogP contribution in [0.2, 0.25) is 0 Å². The summed E-state index contributed by atoms with van der Waals surface area (Å²) in [6.07, 6.45) is 3.90. The molecule has 4 heteroatoms. The summed E-state index contributed by atoms with van der Waals surface area (Å²) in [5, 5.41) is 2.97. The van der Waals surface area contributed by atoms with E-state index in [4.69, 9.17) is 0 Å². The van der Waals surface area contributed by atoms with Crippen molar-refractivity contribution in [3.8, 4) is 0 Å². The molecule has 0 radical (unpaired) electrons. The molecule has 4 nitrogen and oxygen atoms in total. The summed E-state index contributed by atoms with van der Waals surface area (Å²) in [7, 11) is 0. The van der Waals surface area contributed by atoms with Crippen LogP contribution < -0.4 is 5.32 Å². The molecule has 1 saturated carbocycles. The number of likely N-dealkylation sites (tertiary alicyclic amines) is 1. The van der Waals surface area contributed by atoms with Crippen LogP contribution in [-0.4, -0.2) is 29.8 Å². The monoisotopic (exact) mass is 376 g/mol. The summed E-state index contributed by atoms with van der Waals surface area (Å²) in [4.78, 5) is 27.1. The van der Waals surface area contributed by atoms with Gasteiger partial charge in [-0.05, 0) is 42.7 Å². The van der Waals surface area contributed by atoms with Gasteiger partial charge >= 0.3 is 0 Å². The molecular weight excluding hydrogens is 348 g/mol. The molecule has 28 heavy (non-hydrogen) atoms. The number of piperidine rings is 1. The molecule has 1 aliphatic carbocycles. The van der Waals surface area contributed by atoms with Gasteiger partial charge in [0.05, 0.1) is 11.8 Å². The van der Waals surface area contributed by atoms with Gasteiger partial charge < -0.3 is 10.2 Å². The molecular formula is C24H28N2O2. The summed E-state index contributed by atoms with van der Waals surface area (Å²) < 4.78 is 0. The van der Waals surface area contributed by atoms with Gasteiger partial charge in [0.15, 0.2) is 0 Å². The van der Waals surface area contributed by atoms with Crippen molar-refractivity contribution in [1.29, 1.82) is 0 Å². The van der Waals surface area contributed by atoms with Crippen molar-refractivity contribution in [1.82, 2.24) is 10.2 Å². The van der Waals surface area contributed by atoms with Gasteiger partial charge in [0, 0.05) is 19.6 Å². The molecule has 146 valence electrons. The third-order valence-corrected chi connectivity index (χ3v) is 6.05. The first-order valence-corrected chi connectivity index (χ1v) is 10.3. The van der Waals surface area contributed by atoms with E-state index in [0.717, 1.165) is 37.9 Å². The fourth-order valence-electron chi connectivity index (χ4n) is 4.21. The van der Waals surface area contributed by atoms with Crippen LogP contribution in [0.4, 0.5) is 0 Å². The lowest BCUT2D eigenvalue weighted by atomic mass is 9.90. The third kappa shape index (κ3) is 4.61. The van der Waals surface area contributed by atoms with Crippen LogP contribution in [0.1, 0.15) is 30.4 Å². The predicted octanol–water partition coefficient (Wildman–Crippen LogP) is 3.42. The molecule has 2 amide bonds. The first kappa shape index (κ1) is 18.7. The minimum atomic E-state index is -0.141. The van der Waals surface area contributed by atoms with Gasteiger partial charge in [-0.15, -0.1) is 0 Å². The van der Waals surface area contributed by atoms with Crippen LogP contribution in [0.3, 0.4) is 0 Å². The molecule has 1 aliphatic heterocycles. The Morgan fingerprint density at radius 3 is 2.11 bits per heavy atom. The molecule has 1 saturated heterocycles. The van der Waals surface area contributed by atoms with E-state index in [1.54, 1.807) is 0 Å². The average Bonchev–Trinajstić information content (AvgIpc) is 3.55. The summed E-state index contributed by atoms with van der Waals surface area (Å²) in [6.45, 7) is 2.18. The highest BCUT2D eigenvalue weighted by Crippen LogP contribution is 2.41. The summed E-state index contributed by atoms with van der Waals surface area (Å²) in [5.41, 5.74) is 2.46. The molecule has 2 aromatic rings. The lowest BCUT2D eigenvalue weighted by Crippen LogP contribution is -2.40. The number of rotatable bonds is 6. The summed E-state index contributed by atoms with van der Waals surface area (Å²) in [6, 6.07) is 20.5. The summed E-state index contributed by atoms with van der Waals surface area (Å²) >= 11 is 0. The molecule has 2 unspecified atom stereocenters. The lowest BCUT2D eigenvalue weighted by Gasteiger charge is -2.32. The van der Waals surface area contributed by atoms with Crippen LogP contribution in [0.15, 0.2) is 60.7 Å². The van der Waals surface area contributed by atoms with Crippen LogP contribution in [0.5, 0.6) is 0 Å². The highest BCUT2D eigenvalue weighted by Gasteiger charge is 2.49. The number of nitrogens with one attached hydrogen (secondary N) is 1. The van der Waals surface area contributed by atoms with E-state index < -0.39 is 0 Å². The normalized spacial score (nSPS) is 21.9. The topological polar surface area (TPSA) is 49.4 Å². The molecule has 2 fully saturated rings. The standard InChI is InChI=1S/C24H28N2O2/c27-23(25-17-20-9-5-2-6-10-20)21-16-22(21)24(28)26-13-11-19(12-14-26)15-18-7-3-1-4-8-18/h1-10,19,21-22H,11-17H2,(H,25,27). The minimum Gasteiger partial charge on any atom is -0.352 e. The molecule has 2 atom stereocenters. The van der Waals surface area contributed by atoms with E-state index in [-0.39, 0.29) is 23.7 Å². The van der Waals surface area contributed by atoms with Crippen molar-refractivity contribution in [2.75, 3.05) is 13.1 Å². The molecule has 1 N–H and O–H groups in total. The highest BCUT2D eigenvalue weighted by atomic mass is 16.2. The second-order valence-corrected chi connectivity index (χ2v) is 8.11. The van der Waals surface area contributed by atoms with Crippen molar-refractivity contribution in [3.63, 3.8) is 0 Å². The van der Waals surface area contributed by atoms with Gasteiger partial charge in [-0.3, -0.25) is 9.59 Å². The number of hydrogen-bond donors (Lipinski definition) is 1. The zero-order valence-corrected chi connectivity index (χ0v) is 16.2. The zero-order valence-electron chi connectivity index (χ0n) is 16.2. The molecule has 0 aromatic heterocycles. The molecule has 2 aromatic carbocycles. The maximum Gasteiger partial charge on any atom is 0.226 e. The first-order valence-electron chi connectivity index (χ1n) is 10.3. The van der Waals surface area contributed by atoms with Crippen molar-refractivity contribution >= 4 is 11.8 Å². The highest BCUT2D eigenvalue weighted by molar-refractivity contribution is 5.92. The average molecular weight is 377 g/mol. The minimum absolute atomic E-state index is 0.0150. The van der Waals surface area contributed by atoms with Crippen molar-refractivity contribution in [2.24, 2.45) is 17.8 Å². The van der Waals surface area contributed by atoms with E-state index in [1.165, 1.54) is 5.56 Å². The molecule has 4 rings (SSSR count). The van der Waals surface area contributed by atoms with E-state index in [0.29, 0.717) is 18.9 Å². The Hall–Kier alpha value is -2.62. The van der Waals surface area contributed by atoms with E-state index in [9.17, 15) is 9.59 Å². The maximum absolute atomic E-state index is 12.8. The maximum atomic E-state index is 12.8. The van der Waals surface area contributed by atoms with E-state index in [2.05, 4.69) is 29.6 Å². The fraction of sp³-hybridized carbons (Fsp3) is 0.417. The zero-order chi connectivity index (χ0) is 19.3.